The van der Waals surface area contributed by atoms with Gasteiger partial charge >= 0.3 is 0 Å². The van der Waals surface area contributed by atoms with E-state index < -0.39 is 6.10 Å². The van der Waals surface area contributed by atoms with Crippen LogP contribution in [0.15, 0.2) is 85.5 Å². The van der Waals surface area contributed by atoms with E-state index in [1.165, 1.54) is 17.7 Å². The smallest absolute Gasteiger partial charge is 0.251 e. The van der Waals surface area contributed by atoms with E-state index in [2.05, 4.69) is 35.9 Å². The molecule has 1 aliphatic heterocycles. The SMILES string of the molecule is C=CC(=O)N1CCN(C[C@H](Oc2ccc(C(=O)NC[C@@H](C)c3ccccc3)cc2)c2ccc(C)c(F)c2)C[C@H]1C.CC.[HH]. The number of carbonyl (C=O) groups excluding carboxylic acids is 2. The fourth-order valence-corrected chi connectivity index (χ4v) is 4.99. The quantitative estimate of drug-likeness (QED) is 0.271. The van der Waals surface area contributed by atoms with Gasteiger partial charge in [0.1, 0.15) is 17.7 Å². The Morgan fingerprint density at radius 1 is 1.07 bits per heavy atom. The Kier molecular flexibility index (Phi) is 12.3. The van der Waals surface area contributed by atoms with Gasteiger partial charge in [-0.05, 0) is 72.9 Å². The zero-order valence-corrected chi connectivity index (χ0v) is 25.5. The number of hydrogen-bond donors (Lipinski definition) is 1. The van der Waals surface area contributed by atoms with E-state index in [9.17, 15) is 14.0 Å². The number of rotatable bonds is 10. The molecule has 4 rings (SSSR count). The molecule has 0 aliphatic carbocycles. The predicted octanol–water partition coefficient (Wildman–Crippen LogP) is 6.78. The van der Waals surface area contributed by atoms with Crippen molar-refractivity contribution >= 4 is 11.8 Å². The van der Waals surface area contributed by atoms with Crippen LogP contribution in [0.25, 0.3) is 0 Å². The second kappa shape index (κ2) is 15.9. The molecular weight excluding hydrogens is 529 g/mol. The highest BCUT2D eigenvalue weighted by atomic mass is 19.1. The van der Waals surface area contributed by atoms with E-state index in [-0.39, 0.29) is 31.0 Å². The lowest BCUT2D eigenvalue weighted by molar-refractivity contribution is -0.130. The Morgan fingerprint density at radius 2 is 1.76 bits per heavy atom. The lowest BCUT2D eigenvalue weighted by atomic mass is 10.0. The van der Waals surface area contributed by atoms with Gasteiger partial charge in [-0.15, -0.1) is 0 Å². The molecular formula is C35H46FN3O3. The molecule has 2 amide bonds. The van der Waals surface area contributed by atoms with Gasteiger partial charge in [0.15, 0.2) is 0 Å². The minimum absolute atomic E-state index is 0. The Bertz CT molecular complexity index is 1320. The highest BCUT2D eigenvalue weighted by Crippen LogP contribution is 2.26. The van der Waals surface area contributed by atoms with Crippen LogP contribution in [0.5, 0.6) is 5.75 Å². The van der Waals surface area contributed by atoms with Crippen molar-refractivity contribution in [2.45, 2.75) is 52.7 Å². The number of hydrogen-bond acceptors (Lipinski definition) is 4. The van der Waals surface area contributed by atoms with Gasteiger partial charge in [0.05, 0.1) is 0 Å². The molecule has 3 aromatic carbocycles. The molecule has 1 heterocycles. The van der Waals surface area contributed by atoms with Crippen LogP contribution in [0.4, 0.5) is 4.39 Å². The monoisotopic (exact) mass is 575 g/mol. The Balaban J connectivity index is 0.00000211. The number of piperazine rings is 1. The van der Waals surface area contributed by atoms with E-state index >= 15 is 0 Å². The van der Waals surface area contributed by atoms with Gasteiger partial charge in [-0.1, -0.05) is 69.8 Å². The predicted molar refractivity (Wildman–Crippen MR) is 169 cm³/mol. The average molecular weight is 576 g/mol. The third-order valence-electron chi connectivity index (χ3n) is 7.49. The molecule has 0 aromatic heterocycles. The van der Waals surface area contributed by atoms with Crippen molar-refractivity contribution in [2.75, 3.05) is 32.7 Å². The maximum Gasteiger partial charge on any atom is 0.251 e. The van der Waals surface area contributed by atoms with Crippen molar-refractivity contribution in [1.29, 1.82) is 0 Å². The number of ether oxygens (including phenoxy) is 1. The second-order valence-electron chi connectivity index (χ2n) is 10.5. The molecule has 42 heavy (non-hydrogen) atoms. The Morgan fingerprint density at radius 3 is 2.38 bits per heavy atom. The third-order valence-corrected chi connectivity index (χ3v) is 7.49. The first-order valence-electron chi connectivity index (χ1n) is 14.8. The van der Waals surface area contributed by atoms with Crippen LogP contribution in [0.3, 0.4) is 0 Å². The number of halogens is 1. The molecule has 1 fully saturated rings. The first-order chi connectivity index (χ1) is 20.2. The van der Waals surface area contributed by atoms with E-state index in [1.54, 1.807) is 37.3 Å². The average Bonchev–Trinajstić information content (AvgIpc) is 3.02. The first kappa shape index (κ1) is 32.5. The van der Waals surface area contributed by atoms with Crippen LogP contribution in [0.2, 0.25) is 0 Å². The highest BCUT2D eigenvalue weighted by Gasteiger charge is 2.28. The second-order valence-corrected chi connectivity index (χ2v) is 10.5. The lowest BCUT2D eigenvalue weighted by Crippen LogP contribution is -2.54. The standard InChI is InChI=1S/C33H38FN3O3.C2H6.H2/c1-5-32(38)37-18-17-36(21-25(37)4)22-31(28-12-11-23(2)30(34)19-28)40-29-15-13-27(14-16-29)33(39)35-20-24(3)26-9-7-6-8-10-26;1-2;/h5-16,19,24-25,31H,1,17-18,20-22H2,2-4H3,(H,35,39);1-2H3;1H/t24-,25-,31+;;/m1../s1. The molecule has 6 nitrogen and oxygen atoms in total. The van der Waals surface area contributed by atoms with Crippen molar-refractivity contribution in [2.24, 2.45) is 0 Å². The van der Waals surface area contributed by atoms with Gasteiger partial charge in [0.25, 0.3) is 5.91 Å². The van der Waals surface area contributed by atoms with E-state index in [1.807, 2.05) is 49.9 Å². The number of nitrogens with one attached hydrogen (secondary N) is 1. The molecule has 1 aliphatic rings. The minimum atomic E-state index is -0.435. The Labute approximate surface area is 251 Å². The molecule has 0 radical (unpaired) electrons. The maximum atomic E-state index is 14.5. The van der Waals surface area contributed by atoms with Crippen molar-refractivity contribution in [3.05, 3.63) is 114 Å². The molecule has 0 unspecified atom stereocenters. The topological polar surface area (TPSA) is 61.9 Å². The van der Waals surface area contributed by atoms with Gasteiger partial charge in [-0.3, -0.25) is 14.5 Å². The summed E-state index contributed by atoms with van der Waals surface area (Å²) in [7, 11) is 0. The van der Waals surface area contributed by atoms with Crippen molar-refractivity contribution in [3.63, 3.8) is 0 Å². The van der Waals surface area contributed by atoms with E-state index in [0.717, 1.165) is 5.56 Å². The third kappa shape index (κ3) is 8.76. The summed E-state index contributed by atoms with van der Waals surface area (Å²) in [5, 5.41) is 3.01. The van der Waals surface area contributed by atoms with Gasteiger partial charge < -0.3 is 15.0 Å². The van der Waals surface area contributed by atoms with E-state index in [4.69, 9.17) is 4.74 Å². The van der Waals surface area contributed by atoms with Crippen molar-refractivity contribution in [3.8, 4) is 5.75 Å². The zero-order chi connectivity index (χ0) is 30.6. The van der Waals surface area contributed by atoms with Crippen LogP contribution < -0.4 is 10.1 Å². The lowest BCUT2D eigenvalue weighted by Gasteiger charge is -2.40. The van der Waals surface area contributed by atoms with Gasteiger partial charge in [-0.25, -0.2) is 4.39 Å². The molecule has 0 saturated carbocycles. The van der Waals surface area contributed by atoms with Crippen LogP contribution in [-0.2, 0) is 4.79 Å². The molecule has 7 heteroatoms. The summed E-state index contributed by atoms with van der Waals surface area (Å²) in [5.74, 6) is 0.292. The minimum Gasteiger partial charge on any atom is -0.484 e. The number of aryl methyl sites for hydroxylation is 1. The van der Waals surface area contributed by atoms with E-state index in [0.29, 0.717) is 49.6 Å². The molecule has 1 N–H and O–H groups in total. The fourth-order valence-electron chi connectivity index (χ4n) is 4.99. The van der Waals surface area contributed by atoms with Crippen LogP contribution >= 0.6 is 0 Å². The molecule has 3 aromatic rings. The van der Waals surface area contributed by atoms with Crippen LogP contribution in [0, 0.1) is 12.7 Å². The number of nitrogens with zero attached hydrogens (tertiary/aromatic N) is 2. The summed E-state index contributed by atoms with van der Waals surface area (Å²) < 4.78 is 20.9. The summed E-state index contributed by atoms with van der Waals surface area (Å²) in [6.45, 7) is 16.4. The summed E-state index contributed by atoms with van der Waals surface area (Å²) in [6, 6.07) is 22.3. The summed E-state index contributed by atoms with van der Waals surface area (Å²) >= 11 is 0. The van der Waals surface area contributed by atoms with Gasteiger partial charge in [-0.2, -0.15) is 0 Å². The van der Waals surface area contributed by atoms with Crippen LogP contribution in [-0.4, -0.2) is 60.4 Å². The molecule has 3 atom stereocenters. The normalized spacial score (nSPS) is 16.4. The summed E-state index contributed by atoms with van der Waals surface area (Å²) in [6.07, 6.45) is 0.913. The number of carbonyl (C=O) groups is 2. The molecule has 0 spiro atoms. The number of amides is 2. The molecule has 0 bridgehead atoms. The summed E-state index contributed by atoms with van der Waals surface area (Å²) in [5.41, 5.74) is 3.03. The largest absolute Gasteiger partial charge is 0.484 e. The first-order valence-corrected chi connectivity index (χ1v) is 14.8. The fraction of sp³-hybridized carbons (Fsp3) is 0.371. The van der Waals surface area contributed by atoms with Crippen molar-refractivity contribution < 1.29 is 20.1 Å². The highest BCUT2D eigenvalue weighted by molar-refractivity contribution is 5.94. The molecule has 1 saturated heterocycles. The summed E-state index contributed by atoms with van der Waals surface area (Å²) in [4.78, 5) is 29.0. The van der Waals surface area contributed by atoms with Crippen molar-refractivity contribution in [1.82, 2.24) is 15.1 Å². The van der Waals surface area contributed by atoms with Gasteiger partial charge in [0.2, 0.25) is 5.91 Å². The number of benzene rings is 3. The molecule has 226 valence electrons. The Hall–Kier alpha value is -3.97. The maximum absolute atomic E-state index is 14.5. The van der Waals surface area contributed by atoms with Gasteiger partial charge in [0, 0.05) is 45.8 Å². The zero-order valence-electron chi connectivity index (χ0n) is 25.5. The van der Waals surface area contributed by atoms with Crippen LogP contribution in [0.1, 0.15) is 68.2 Å².